The molecular formula is C9H21N3O2S2. The highest BCUT2D eigenvalue weighted by atomic mass is 32.2. The molecule has 96 valence electrons. The Hall–Kier alpha value is 0.180. The normalized spacial score (nSPS) is 18.8. The van der Waals surface area contributed by atoms with Crippen molar-refractivity contribution in [3.05, 3.63) is 0 Å². The quantitative estimate of drug-likeness (QED) is 0.590. The van der Waals surface area contributed by atoms with Crippen LogP contribution in [0.25, 0.3) is 0 Å². The Bertz CT molecular complexity index is 276. The predicted octanol–water partition coefficient (Wildman–Crippen LogP) is -0.826. The summed E-state index contributed by atoms with van der Waals surface area (Å²) in [5.74, 6) is 1.04. The summed E-state index contributed by atoms with van der Waals surface area (Å²) < 4.78 is 25.8. The second kappa shape index (κ2) is 7.50. The van der Waals surface area contributed by atoms with Gasteiger partial charge >= 0.3 is 0 Å². The average molecular weight is 267 g/mol. The van der Waals surface area contributed by atoms with E-state index in [1.165, 1.54) is 0 Å². The Balaban J connectivity index is 2.18. The van der Waals surface area contributed by atoms with Crippen molar-refractivity contribution in [1.29, 1.82) is 0 Å². The van der Waals surface area contributed by atoms with Crippen LogP contribution in [0.2, 0.25) is 0 Å². The first kappa shape index (κ1) is 14.2. The summed E-state index contributed by atoms with van der Waals surface area (Å²) >= 11 is 1.64. The summed E-state index contributed by atoms with van der Waals surface area (Å²) in [7, 11) is -3.08. The number of nitrogens with zero attached hydrogens (tertiary/aromatic N) is 1. The van der Waals surface area contributed by atoms with Crippen LogP contribution in [0.3, 0.4) is 0 Å². The molecule has 0 unspecified atom stereocenters. The molecule has 5 nitrogen and oxygen atoms in total. The van der Waals surface area contributed by atoms with E-state index in [4.69, 9.17) is 0 Å². The van der Waals surface area contributed by atoms with Crippen molar-refractivity contribution in [3.8, 4) is 0 Å². The zero-order chi connectivity index (χ0) is 11.9. The molecule has 1 heterocycles. The van der Waals surface area contributed by atoms with E-state index in [2.05, 4.69) is 14.9 Å². The third-order valence-corrected chi connectivity index (χ3v) is 4.49. The molecule has 0 aromatic heterocycles. The van der Waals surface area contributed by atoms with Crippen molar-refractivity contribution < 1.29 is 8.42 Å². The Labute approximate surface area is 102 Å². The molecule has 0 aromatic rings. The van der Waals surface area contributed by atoms with E-state index in [0.29, 0.717) is 13.1 Å². The fraction of sp³-hybridized carbons (Fsp3) is 1.00. The number of hydrogen-bond donors (Lipinski definition) is 2. The van der Waals surface area contributed by atoms with Crippen LogP contribution in [-0.2, 0) is 10.0 Å². The maximum atomic E-state index is 11.6. The van der Waals surface area contributed by atoms with Gasteiger partial charge in [0.1, 0.15) is 0 Å². The van der Waals surface area contributed by atoms with Crippen LogP contribution < -0.4 is 10.0 Å². The first-order valence-corrected chi connectivity index (χ1v) is 8.58. The first-order chi connectivity index (χ1) is 7.64. The molecule has 0 spiro atoms. The van der Waals surface area contributed by atoms with Gasteiger partial charge in [-0.3, -0.25) is 4.90 Å². The molecule has 7 heteroatoms. The summed E-state index contributed by atoms with van der Waals surface area (Å²) in [5, 5.41) is 3.24. The Morgan fingerprint density at radius 1 is 1.38 bits per heavy atom. The number of piperazine rings is 1. The molecule has 1 rings (SSSR count). The van der Waals surface area contributed by atoms with Crippen LogP contribution in [0.15, 0.2) is 0 Å². The molecule has 1 saturated heterocycles. The van der Waals surface area contributed by atoms with E-state index in [9.17, 15) is 8.42 Å². The summed E-state index contributed by atoms with van der Waals surface area (Å²) in [5.41, 5.74) is 0. The van der Waals surface area contributed by atoms with Crippen LogP contribution in [0.1, 0.15) is 0 Å². The van der Waals surface area contributed by atoms with Gasteiger partial charge in [-0.2, -0.15) is 11.8 Å². The largest absolute Gasteiger partial charge is 0.314 e. The highest BCUT2D eigenvalue weighted by Gasteiger charge is 2.14. The van der Waals surface area contributed by atoms with Gasteiger partial charge in [-0.05, 0) is 6.26 Å². The minimum Gasteiger partial charge on any atom is -0.314 e. The summed E-state index contributed by atoms with van der Waals surface area (Å²) in [6.45, 7) is 4.97. The fourth-order valence-electron chi connectivity index (χ4n) is 1.56. The van der Waals surface area contributed by atoms with Crippen LogP contribution in [0.5, 0.6) is 0 Å². The van der Waals surface area contributed by atoms with Gasteiger partial charge in [0.15, 0.2) is 0 Å². The lowest BCUT2D eigenvalue weighted by molar-refractivity contribution is 0.253. The van der Waals surface area contributed by atoms with Crippen LogP contribution >= 0.6 is 11.8 Å². The van der Waals surface area contributed by atoms with Crippen molar-refractivity contribution in [1.82, 2.24) is 14.9 Å². The van der Waals surface area contributed by atoms with Gasteiger partial charge in [-0.25, -0.2) is 13.1 Å². The summed E-state index contributed by atoms with van der Waals surface area (Å²) in [4.78, 5) is 2.18. The Kier molecular flexibility index (Phi) is 6.67. The maximum Gasteiger partial charge on any atom is 0.212 e. The fourth-order valence-corrected chi connectivity index (χ4v) is 3.05. The number of rotatable bonds is 7. The van der Waals surface area contributed by atoms with Gasteiger partial charge < -0.3 is 5.32 Å². The molecule has 2 N–H and O–H groups in total. The van der Waals surface area contributed by atoms with E-state index >= 15 is 0 Å². The Morgan fingerprint density at radius 3 is 2.69 bits per heavy atom. The predicted molar refractivity (Wildman–Crippen MR) is 69.5 cm³/mol. The third-order valence-electron chi connectivity index (χ3n) is 2.51. The van der Waals surface area contributed by atoms with Gasteiger partial charge in [0.25, 0.3) is 0 Å². The molecule has 1 aliphatic rings. The van der Waals surface area contributed by atoms with Crippen LogP contribution in [-0.4, -0.2) is 70.3 Å². The molecule has 1 aliphatic heterocycles. The SMILES string of the molecule is CSCCNS(=O)(=O)CCN1CCNCC1. The van der Waals surface area contributed by atoms with Crippen molar-refractivity contribution in [3.63, 3.8) is 0 Å². The molecular weight excluding hydrogens is 246 g/mol. The van der Waals surface area contributed by atoms with Gasteiger partial charge in [-0.15, -0.1) is 0 Å². The van der Waals surface area contributed by atoms with E-state index in [1.54, 1.807) is 11.8 Å². The molecule has 0 amide bonds. The standard InChI is InChI=1S/C9H21N3O2S2/c1-15-8-4-11-16(13,14)9-7-12-5-2-10-3-6-12/h10-11H,2-9H2,1H3. The zero-order valence-corrected chi connectivity index (χ0v) is 11.4. The van der Waals surface area contributed by atoms with Crippen molar-refractivity contribution >= 4 is 21.8 Å². The molecule has 0 aliphatic carbocycles. The topological polar surface area (TPSA) is 61.4 Å². The van der Waals surface area contributed by atoms with Crippen LogP contribution in [0.4, 0.5) is 0 Å². The van der Waals surface area contributed by atoms with Crippen molar-refractivity contribution in [2.24, 2.45) is 0 Å². The van der Waals surface area contributed by atoms with E-state index in [-0.39, 0.29) is 5.75 Å². The first-order valence-electron chi connectivity index (χ1n) is 5.53. The van der Waals surface area contributed by atoms with Gasteiger partial charge in [0.2, 0.25) is 10.0 Å². The molecule has 16 heavy (non-hydrogen) atoms. The lowest BCUT2D eigenvalue weighted by atomic mass is 10.4. The zero-order valence-electron chi connectivity index (χ0n) is 9.74. The molecule has 0 bridgehead atoms. The molecule has 1 fully saturated rings. The summed E-state index contributed by atoms with van der Waals surface area (Å²) in [6, 6.07) is 0. The molecule has 0 saturated carbocycles. The minimum atomic E-state index is -3.08. The molecule has 0 radical (unpaired) electrons. The lowest BCUT2D eigenvalue weighted by Gasteiger charge is -2.26. The lowest BCUT2D eigenvalue weighted by Crippen LogP contribution is -2.46. The maximum absolute atomic E-state index is 11.6. The Morgan fingerprint density at radius 2 is 2.06 bits per heavy atom. The van der Waals surface area contributed by atoms with E-state index in [0.717, 1.165) is 31.9 Å². The third kappa shape index (κ3) is 6.05. The smallest absolute Gasteiger partial charge is 0.212 e. The number of thioether (sulfide) groups is 1. The van der Waals surface area contributed by atoms with Crippen LogP contribution in [0, 0.1) is 0 Å². The van der Waals surface area contributed by atoms with Gasteiger partial charge in [0, 0.05) is 45.0 Å². The average Bonchev–Trinajstić information content (AvgIpc) is 2.28. The highest BCUT2D eigenvalue weighted by Crippen LogP contribution is 1.95. The summed E-state index contributed by atoms with van der Waals surface area (Å²) in [6.07, 6.45) is 1.97. The van der Waals surface area contributed by atoms with E-state index in [1.807, 2.05) is 6.26 Å². The number of hydrogen-bond acceptors (Lipinski definition) is 5. The monoisotopic (exact) mass is 267 g/mol. The van der Waals surface area contributed by atoms with Gasteiger partial charge in [0.05, 0.1) is 5.75 Å². The van der Waals surface area contributed by atoms with Crippen molar-refractivity contribution in [2.45, 2.75) is 0 Å². The molecule has 0 aromatic carbocycles. The second-order valence-electron chi connectivity index (χ2n) is 3.80. The molecule has 0 atom stereocenters. The van der Waals surface area contributed by atoms with E-state index < -0.39 is 10.0 Å². The van der Waals surface area contributed by atoms with Gasteiger partial charge in [-0.1, -0.05) is 0 Å². The van der Waals surface area contributed by atoms with Crippen molar-refractivity contribution in [2.75, 3.05) is 57.0 Å². The second-order valence-corrected chi connectivity index (χ2v) is 6.71. The number of nitrogens with one attached hydrogen (secondary N) is 2. The highest BCUT2D eigenvalue weighted by molar-refractivity contribution is 7.98. The number of sulfonamides is 1. The minimum absolute atomic E-state index is 0.210.